The first-order chi connectivity index (χ1) is 13.7. The number of para-hydroxylation sites is 4. The van der Waals surface area contributed by atoms with Crippen LogP contribution in [0.2, 0.25) is 0 Å². The largest absolute Gasteiger partial charge is 0.495 e. The van der Waals surface area contributed by atoms with E-state index in [4.69, 9.17) is 14.2 Å². The second-order valence-corrected chi connectivity index (χ2v) is 5.80. The van der Waals surface area contributed by atoms with Crippen LogP contribution < -0.4 is 20.1 Å². The minimum atomic E-state index is -0.312. The molecule has 2 N–H and O–H groups in total. The Labute approximate surface area is 163 Å². The number of carbonyl (C=O) groups excluding carboxylic acids is 1. The Bertz CT molecular complexity index is 955. The third-order valence-corrected chi connectivity index (χ3v) is 3.95. The summed E-state index contributed by atoms with van der Waals surface area (Å²) >= 11 is 0. The van der Waals surface area contributed by atoms with Crippen LogP contribution in [0.4, 0.5) is 23.0 Å². The Kier molecular flexibility index (Phi) is 6.13. The topological polar surface area (TPSA) is 86.6 Å². The Morgan fingerprint density at radius 1 is 0.929 bits per heavy atom. The molecule has 0 bridgehead atoms. The molecule has 0 spiro atoms. The second kappa shape index (κ2) is 8.92. The van der Waals surface area contributed by atoms with Gasteiger partial charge >= 0.3 is 0 Å². The molecule has 0 radical (unpaired) electrons. The van der Waals surface area contributed by atoms with Gasteiger partial charge in [-0.2, -0.15) is 4.68 Å². The van der Waals surface area contributed by atoms with Crippen molar-refractivity contribution in [2.75, 3.05) is 38.6 Å². The van der Waals surface area contributed by atoms with Crippen molar-refractivity contribution in [3.8, 4) is 11.5 Å². The fraction of sp³-hybridized carbons (Fsp3) is 0.200. The quantitative estimate of drug-likeness (QED) is 0.615. The summed E-state index contributed by atoms with van der Waals surface area (Å²) < 4.78 is 16.9. The number of carbonyl (C=O) groups is 1. The zero-order valence-corrected chi connectivity index (χ0v) is 15.9. The van der Waals surface area contributed by atoms with Gasteiger partial charge in [-0.3, -0.25) is 4.79 Å². The van der Waals surface area contributed by atoms with Gasteiger partial charge in [-0.15, -0.1) is 5.10 Å². The molecule has 0 aliphatic rings. The molecule has 3 rings (SSSR count). The number of methoxy groups -OCH3 is 3. The Morgan fingerprint density at radius 2 is 1.50 bits per heavy atom. The van der Waals surface area contributed by atoms with Gasteiger partial charge in [-0.1, -0.05) is 24.3 Å². The van der Waals surface area contributed by atoms with E-state index in [1.807, 2.05) is 48.5 Å². The maximum atomic E-state index is 12.5. The first-order valence-electron chi connectivity index (χ1n) is 8.58. The summed E-state index contributed by atoms with van der Waals surface area (Å²) in [7, 11) is 4.64. The van der Waals surface area contributed by atoms with Gasteiger partial charge in [0, 0.05) is 13.2 Å². The molecule has 0 amide bonds. The predicted octanol–water partition coefficient (Wildman–Crippen LogP) is 3.67. The fourth-order valence-corrected chi connectivity index (χ4v) is 2.68. The molecule has 0 atom stereocenters. The molecule has 0 unspecified atom stereocenters. The van der Waals surface area contributed by atoms with E-state index >= 15 is 0 Å². The monoisotopic (exact) mass is 382 g/mol. The third kappa shape index (κ3) is 4.24. The smallest absolute Gasteiger partial charge is 0.274 e. The lowest BCUT2D eigenvalue weighted by Gasteiger charge is -2.11. The van der Waals surface area contributed by atoms with E-state index in [1.165, 1.54) is 11.8 Å². The van der Waals surface area contributed by atoms with Crippen molar-refractivity contribution >= 4 is 28.9 Å². The van der Waals surface area contributed by atoms with Crippen LogP contribution in [0.25, 0.3) is 0 Å². The van der Waals surface area contributed by atoms with Crippen LogP contribution in [0.15, 0.2) is 54.6 Å². The van der Waals surface area contributed by atoms with Crippen molar-refractivity contribution < 1.29 is 19.0 Å². The lowest BCUT2D eigenvalue weighted by atomic mass is 10.3. The highest BCUT2D eigenvalue weighted by Gasteiger charge is 2.16. The highest BCUT2D eigenvalue weighted by atomic mass is 16.5. The normalized spacial score (nSPS) is 10.4. The van der Waals surface area contributed by atoms with E-state index in [1.54, 1.807) is 20.3 Å². The molecule has 0 fully saturated rings. The summed E-state index contributed by atoms with van der Waals surface area (Å²) in [4.78, 5) is 12.5. The van der Waals surface area contributed by atoms with E-state index in [0.29, 0.717) is 28.8 Å². The van der Waals surface area contributed by atoms with Crippen LogP contribution in [0.5, 0.6) is 11.5 Å². The number of ether oxygens (including phenoxy) is 3. The molecule has 1 heterocycles. The third-order valence-electron chi connectivity index (χ3n) is 3.95. The molecule has 8 heteroatoms. The molecular formula is C20H22N4O4. The highest BCUT2D eigenvalue weighted by molar-refractivity contribution is 5.85. The minimum absolute atomic E-state index is 0.101. The average molecular weight is 382 g/mol. The highest BCUT2D eigenvalue weighted by Crippen LogP contribution is 2.31. The minimum Gasteiger partial charge on any atom is -0.495 e. The summed E-state index contributed by atoms with van der Waals surface area (Å²) in [5.41, 5.74) is 1.44. The molecule has 0 aliphatic heterocycles. The van der Waals surface area contributed by atoms with Crippen LogP contribution in [0, 0.1) is 0 Å². The molecule has 0 saturated heterocycles. The van der Waals surface area contributed by atoms with Gasteiger partial charge in [-0.25, -0.2) is 0 Å². The van der Waals surface area contributed by atoms with Crippen LogP contribution >= 0.6 is 0 Å². The van der Waals surface area contributed by atoms with Gasteiger partial charge in [0.15, 0.2) is 5.82 Å². The predicted molar refractivity (Wildman–Crippen MR) is 107 cm³/mol. The summed E-state index contributed by atoms with van der Waals surface area (Å²) in [5, 5.41) is 10.7. The first kappa shape index (κ1) is 19.2. The Balaban J connectivity index is 1.95. The van der Waals surface area contributed by atoms with E-state index in [0.717, 1.165) is 5.69 Å². The summed E-state index contributed by atoms with van der Waals surface area (Å²) in [5.74, 6) is 1.96. The van der Waals surface area contributed by atoms with Gasteiger partial charge in [0.25, 0.3) is 5.91 Å². The van der Waals surface area contributed by atoms with Crippen molar-refractivity contribution in [2.45, 2.75) is 0 Å². The SMILES string of the molecule is COCC(=O)n1nc(Nc2ccccc2OC)cc1Nc1ccccc1OC. The molecule has 146 valence electrons. The molecule has 8 nitrogen and oxygen atoms in total. The van der Waals surface area contributed by atoms with Crippen molar-refractivity contribution in [2.24, 2.45) is 0 Å². The fourth-order valence-electron chi connectivity index (χ4n) is 2.68. The maximum Gasteiger partial charge on any atom is 0.274 e. The van der Waals surface area contributed by atoms with Crippen LogP contribution in [0.1, 0.15) is 4.79 Å². The first-order valence-corrected chi connectivity index (χ1v) is 8.58. The summed E-state index contributed by atoms with van der Waals surface area (Å²) in [6.07, 6.45) is 0. The van der Waals surface area contributed by atoms with Gasteiger partial charge in [0.1, 0.15) is 23.9 Å². The van der Waals surface area contributed by atoms with Gasteiger partial charge in [-0.05, 0) is 24.3 Å². The maximum absolute atomic E-state index is 12.5. The standard InChI is InChI=1S/C20H22N4O4/c1-26-13-20(25)24-19(22-15-9-5-7-11-17(15)28-3)12-18(23-24)21-14-8-4-6-10-16(14)27-2/h4-12,22H,13H2,1-3H3,(H,21,23). The Morgan fingerprint density at radius 3 is 2.07 bits per heavy atom. The number of rotatable bonds is 8. The van der Waals surface area contributed by atoms with Crippen molar-refractivity contribution in [1.82, 2.24) is 9.78 Å². The van der Waals surface area contributed by atoms with Crippen LogP contribution in [0.3, 0.4) is 0 Å². The molecule has 1 aromatic heterocycles. The zero-order chi connectivity index (χ0) is 19.9. The van der Waals surface area contributed by atoms with Crippen LogP contribution in [-0.2, 0) is 4.74 Å². The summed E-state index contributed by atoms with van der Waals surface area (Å²) in [6, 6.07) is 16.6. The molecule has 0 aliphatic carbocycles. The van der Waals surface area contributed by atoms with E-state index in [-0.39, 0.29) is 12.5 Å². The Hall–Kier alpha value is -3.52. The lowest BCUT2D eigenvalue weighted by Crippen LogP contribution is -2.19. The van der Waals surface area contributed by atoms with Crippen molar-refractivity contribution in [3.63, 3.8) is 0 Å². The van der Waals surface area contributed by atoms with Gasteiger partial charge < -0.3 is 24.8 Å². The number of anilines is 4. The molecule has 0 saturated carbocycles. The second-order valence-electron chi connectivity index (χ2n) is 5.80. The molecular weight excluding hydrogens is 360 g/mol. The van der Waals surface area contributed by atoms with Gasteiger partial charge in [0.2, 0.25) is 0 Å². The number of benzene rings is 2. The number of hydrogen-bond donors (Lipinski definition) is 2. The summed E-state index contributed by atoms with van der Waals surface area (Å²) in [6.45, 7) is -0.101. The van der Waals surface area contributed by atoms with Gasteiger partial charge in [0.05, 0.1) is 25.6 Å². The lowest BCUT2D eigenvalue weighted by molar-refractivity contribution is 0.0748. The van der Waals surface area contributed by atoms with Crippen molar-refractivity contribution in [3.05, 3.63) is 54.6 Å². The molecule has 3 aromatic rings. The average Bonchev–Trinajstić information content (AvgIpc) is 3.11. The van der Waals surface area contributed by atoms with E-state index in [9.17, 15) is 4.79 Å². The molecule has 28 heavy (non-hydrogen) atoms. The zero-order valence-electron chi connectivity index (χ0n) is 15.9. The number of nitrogens with one attached hydrogen (secondary N) is 2. The van der Waals surface area contributed by atoms with Crippen LogP contribution in [-0.4, -0.2) is 43.6 Å². The number of aromatic nitrogens is 2. The van der Waals surface area contributed by atoms with Crippen molar-refractivity contribution in [1.29, 1.82) is 0 Å². The number of hydrogen-bond acceptors (Lipinski definition) is 7. The molecule has 2 aromatic carbocycles. The van der Waals surface area contributed by atoms with E-state index in [2.05, 4.69) is 15.7 Å². The number of nitrogens with zero attached hydrogens (tertiary/aromatic N) is 2. The van der Waals surface area contributed by atoms with E-state index < -0.39 is 0 Å².